The molecule has 1 aromatic rings. The Balaban J connectivity index is 1.90. The van der Waals surface area contributed by atoms with Crippen molar-refractivity contribution < 1.29 is 18.7 Å². The molecular weight excluding hydrogens is 299 g/mol. The largest absolute Gasteiger partial charge is 0.469 e. The van der Waals surface area contributed by atoms with Crippen molar-refractivity contribution in [3.8, 4) is 0 Å². The molecule has 1 heterocycles. The van der Waals surface area contributed by atoms with Gasteiger partial charge in [0.25, 0.3) is 0 Å². The summed E-state index contributed by atoms with van der Waals surface area (Å²) in [5.74, 6) is -0.763. The molecule has 5 nitrogen and oxygen atoms in total. The number of hydrogen-bond donors (Lipinski definition) is 1. The van der Waals surface area contributed by atoms with E-state index in [4.69, 9.17) is 0 Å². The molecule has 0 radical (unpaired) electrons. The number of methoxy groups -OCH3 is 1. The first-order valence-electron chi connectivity index (χ1n) is 7.87. The molecule has 1 fully saturated rings. The lowest BCUT2D eigenvalue weighted by Gasteiger charge is -2.35. The fourth-order valence-electron chi connectivity index (χ4n) is 2.90. The van der Waals surface area contributed by atoms with Crippen molar-refractivity contribution in [3.63, 3.8) is 0 Å². The molecule has 1 N–H and O–H groups in total. The molecule has 126 valence electrons. The van der Waals surface area contributed by atoms with Crippen LogP contribution in [-0.4, -0.2) is 38.1 Å². The van der Waals surface area contributed by atoms with E-state index in [1.54, 1.807) is 6.07 Å². The van der Waals surface area contributed by atoms with Crippen LogP contribution in [0.2, 0.25) is 0 Å². The number of ether oxygens (including phenoxy) is 1. The van der Waals surface area contributed by atoms with Crippen molar-refractivity contribution in [1.29, 1.82) is 0 Å². The summed E-state index contributed by atoms with van der Waals surface area (Å²) >= 11 is 0. The molecule has 0 unspecified atom stereocenters. The van der Waals surface area contributed by atoms with Crippen molar-refractivity contribution in [2.24, 2.45) is 0 Å². The number of rotatable bonds is 5. The maximum Gasteiger partial charge on any atom is 0.306 e. The Bertz CT molecular complexity index is 577. The van der Waals surface area contributed by atoms with Crippen molar-refractivity contribution in [2.75, 3.05) is 25.1 Å². The van der Waals surface area contributed by atoms with Crippen molar-refractivity contribution in [2.45, 2.75) is 38.6 Å². The number of amides is 1. The van der Waals surface area contributed by atoms with Crippen LogP contribution in [0, 0.1) is 12.7 Å². The number of hydrogen-bond acceptors (Lipinski definition) is 4. The van der Waals surface area contributed by atoms with Crippen LogP contribution >= 0.6 is 0 Å². The van der Waals surface area contributed by atoms with E-state index >= 15 is 0 Å². The summed E-state index contributed by atoms with van der Waals surface area (Å²) < 4.78 is 17.8. The van der Waals surface area contributed by atoms with Crippen molar-refractivity contribution >= 4 is 17.6 Å². The van der Waals surface area contributed by atoms with Crippen LogP contribution in [0.25, 0.3) is 0 Å². The molecule has 1 aromatic carbocycles. The van der Waals surface area contributed by atoms with E-state index in [0.717, 1.165) is 30.6 Å². The molecule has 1 saturated heterocycles. The van der Waals surface area contributed by atoms with Gasteiger partial charge in [0.05, 0.1) is 13.5 Å². The van der Waals surface area contributed by atoms with Gasteiger partial charge in [0.1, 0.15) is 5.82 Å². The highest BCUT2D eigenvalue weighted by atomic mass is 19.1. The number of nitrogens with one attached hydrogen (secondary N) is 1. The summed E-state index contributed by atoms with van der Waals surface area (Å²) in [6.07, 6.45) is 2.09. The fraction of sp³-hybridized carbons (Fsp3) is 0.529. The zero-order chi connectivity index (χ0) is 16.8. The highest BCUT2D eigenvalue weighted by molar-refractivity contribution is 5.81. The Morgan fingerprint density at radius 2 is 2.17 bits per heavy atom. The van der Waals surface area contributed by atoms with Gasteiger partial charge in [0.15, 0.2) is 0 Å². The first-order valence-corrected chi connectivity index (χ1v) is 7.87. The quantitative estimate of drug-likeness (QED) is 0.844. The van der Waals surface area contributed by atoms with E-state index in [2.05, 4.69) is 15.0 Å². The lowest BCUT2D eigenvalue weighted by atomic mass is 10.0. The predicted octanol–water partition coefficient (Wildman–Crippen LogP) is 2.17. The summed E-state index contributed by atoms with van der Waals surface area (Å²) in [6.45, 7) is 3.47. The Morgan fingerprint density at radius 1 is 1.39 bits per heavy atom. The van der Waals surface area contributed by atoms with E-state index < -0.39 is 0 Å². The molecule has 0 saturated carbocycles. The normalized spacial score (nSPS) is 17.7. The van der Waals surface area contributed by atoms with Gasteiger partial charge in [-0.15, -0.1) is 0 Å². The van der Waals surface area contributed by atoms with Crippen molar-refractivity contribution in [3.05, 3.63) is 29.6 Å². The third-order valence-corrected chi connectivity index (χ3v) is 4.07. The van der Waals surface area contributed by atoms with Crippen LogP contribution in [0.15, 0.2) is 18.2 Å². The number of carbonyl (C=O) groups is 2. The summed E-state index contributed by atoms with van der Waals surface area (Å²) in [4.78, 5) is 25.1. The van der Waals surface area contributed by atoms with Gasteiger partial charge in [0.2, 0.25) is 5.91 Å². The zero-order valence-corrected chi connectivity index (χ0v) is 13.6. The summed E-state index contributed by atoms with van der Waals surface area (Å²) in [5.41, 5.74) is 1.89. The first kappa shape index (κ1) is 17.2. The number of nitrogens with zero attached hydrogens (tertiary/aromatic N) is 1. The maximum absolute atomic E-state index is 13.2. The van der Waals surface area contributed by atoms with E-state index in [9.17, 15) is 14.0 Å². The molecule has 0 spiro atoms. The van der Waals surface area contributed by atoms with Gasteiger partial charge >= 0.3 is 5.97 Å². The molecule has 0 bridgehead atoms. The van der Waals surface area contributed by atoms with Crippen LogP contribution in [0.5, 0.6) is 0 Å². The predicted molar refractivity (Wildman–Crippen MR) is 85.8 cm³/mol. The summed E-state index contributed by atoms with van der Waals surface area (Å²) in [7, 11) is 1.31. The number of carbonyl (C=O) groups excluding carboxylic acids is 2. The Kier molecular flexibility index (Phi) is 5.96. The molecule has 23 heavy (non-hydrogen) atoms. The molecule has 6 heteroatoms. The van der Waals surface area contributed by atoms with Gasteiger partial charge in [-0.3, -0.25) is 9.59 Å². The lowest BCUT2D eigenvalue weighted by molar-refractivity contribution is -0.142. The summed E-state index contributed by atoms with van der Waals surface area (Å²) in [5, 5.41) is 2.97. The Hall–Kier alpha value is -2.11. The highest BCUT2D eigenvalue weighted by Gasteiger charge is 2.22. The van der Waals surface area contributed by atoms with Gasteiger partial charge in [-0.1, -0.05) is 0 Å². The third-order valence-electron chi connectivity index (χ3n) is 4.07. The Morgan fingerprint density at radius 3 is 2.87 bits per heavy atom. The van der Waals surface area contributed by atoms with Crippen molar-refractivity contribution in [1.82, 2.24) is 5.32 Å². The third kappa shape index (κ3) is 4.94. The number of anilines is 1. The summed E-state index contributed by atoms with van der Waals surface area (Å²) in [6, 6.07) is 4.80. The Labute approximate surface area is 135 Å². The standard InChI is InChI=1S/C17H23FN2O3/c1-12-10-13(18)5-6-15(12)20-9-3-4-14(11-20)19-16(21)7-8-17(22)23-2/h5-6,10,14H,3-4,7-9,11H2,1-2H3,(H,19,21)/t14-/m0/s1. The highest BCUT2D eigenvalue weighted by Crippen LogP contribution is 2.24. The van der Waals surface area contributed by atoms with Gasteiger partial charge in [-0.25, -0.2) is 4.39 Å². The van der Waals surface area contributed by atoms with Crippen LogP contribution in [0.4, 0.5) is 10.1 Å². The molecule has 1 aliphatic heterocycles. The second-order valence-corrected chi connectivity index (χ2v) is 5.86. The minimum Gasteiger partial charge on any atom is -0.469 e. The second kappa shape index (κ2) is 7.94. The van der Waals surface area contributed by atoms with Gasteiger partial charge in [0, 0.05) is 31.2 Å². The molecule has 0 aromatic heterocycles. The monoisotopic (exact) mass is 322 g/mol. The zero-order valence-electron chi connectivity index (χ0n) is 13.6. The average Bonchev–Trinajstić information content (AvgIpc) is 2.52. The van der Waals surface area contributed by atoms with E-state index in [1.165, 1.54) is 19.2 Å². The molecular formula is C17H23FN2O3. The fourth-order valence-corrected chi connectivity index (χ4v) is 2.90. The average molecular weight is 322 g/mol. The number of esters is 1. The topological polar surface area (TPSA) is 58.6 Å². The molecule has 1 aliphatic rings. The minimum atomic E-state index is -0.382. The second-order valence-electron chi connectivity index (χ2n) is 5.86. The maximum atomic E-state index is 13.2. The molecule has 1 atom stereocenters. The molecule has 2 rings (SSSR count). The van der Waals surface area contributed by atoms with E-state index in [0.29, 0.717) is 6.54 Å². The number of aryl methyl sites for hydroxylation is 1. The van der Waals surface area contributed by atoms with Crippen LogP contribution in [0.1, 0.15) is 31.2 Å². The van der Waals surface area contributed by atoms with Crippen LogP contribution in [0.3, 0.4) is 0 Å². The molecule has 1 amide bonds. The smallest absolute Gasteiger partial charge is 0.306 e. The van der Waals surface area contributed by atoms with E-state index in [1.807, 2.05) is 6.92 Å². The van der Waals surface area contributed by atoms with Gasteiger partial charge in [-0.2, -0.15) is 0 Å². The number of piperidine rings is 1. The van der Waals surface area contributed by atoms with Gasteiger partial charge < -0.3 is 15.0 Å². The number of benzene rings is 1. The van der Waals surface area contributed by atoms with Crippen LogP contribution < -0.4 is 10.2 Å². The lowest BCUT2D eigenvalue weighted by Crippen LogP contribution is -2.48. The van der Waals surface area contributed by atoms with Gasteiger partial charge in [-0.05, 0) is 43.5 Å². The first-order chi connectivity index (χ1) is 11.0. The number of halogens is 1. The van der Waals surface area contributed by atoms with E-state index in [-0.39, 0.29) is 36.6 Å². The SMILES string of the molecule is COC(=O)CCC(=O)N[C@H]1CCCN(c2ccc(F)cc2C)C1. The minimum absolute atomic E-state index is 0.0401. The van der Waals surface area contributed by atoms with Crippen LogP contribution in [-0.2, 0) is 14.3 Å². The molecule has 0 aliphatic carbocycles.